The molecule has 0 spiro atoms. The molecule has 3 amide bonds. The van der Waals surface area contributed by atoms with Gasteiger partial charge in [0.2, 0.25) is 0 Å². The van der Waals surface area contributed by atoms with Gasteiger partial charge in [0, 0.05) is 37.6 Å². The third-order valence-corrected chi connectivity index (χ3v) is 5.08. The lowest BCUT2D eigenvalue weighted by molar-refractivity contribution is -0.137. The van der Waals surface area contributed by atoms with Gasteiger partial charge in [0.15, 0.2) is 0 Å². The van der Waals surface area contributed by atoms with E-state index in [0.717, 1.165) is 12.1 Å². The Morgan fingerprint density at radius 1 is 1.00 bits per heavy atom. The normalized spacial score (nSPS) is 11.0. The van der Waals surface area contributed by atoms with Crippen molar-refractivity contribution in [3.63, 3.8) is 0 Å². The van der Waals surface area contributed by atoms with E-state index in [-0.39, 0.29) is 29.6 Å². The molecule has 0 bridgehead atoms. The van der Waals surface area contributed by atoms with Crippen LogP contribution in [-0.4, -0.2) is 44.2 Å². The number of aromatic nitrogens is 1. The van der Waals surface area contributed by atoms with E-state index in [0.29, 0.717) is 23.7 Å². The van der Waals surface area contributed by atoms with E-state index in [2.05, 4.69) is 26.3 Å². The lowest BCUT2D eigenvalue weighted by Crippen LogP contribution is -2.21. The summed E-state index contributed by atoms with van der Waals surface area (Å²) in [7, 11) is 3.17. The Bertz CT molecular complexity index is 1260. The van der Waals surface area contributed by atoms with Crippen LogP contribution in [0.1, 0.15) is 16.1 Å². The zero-order chi connectivity index (χ0) is 27.0. The molecule has 0 fully saturated rings. The lowest BCUT2D eigenvalue weighted by atomic mass is 10.1. The predicted octanol–water partition coefficient (Wildman–Crippen LogP) is 5.15. The number of pyridine rings is 1. The highest BCUT2D eigenvalue weighted by molar-refractivity contribution is 6.31. The van der Waals surface area contributed by atoms with Crippen LogP contribution < -0.4 is 30.7 Å². The number of ether oxygens (including phenoxy) is 2. The molecule has 0 unspecified atom stereocenters. The van der Waals surface area contributed by atoms with Crippen LogP contribution in [0.4, 0.5) is 29.3 Å². The molecular formula is C24H23ClF3N5O4. The Labute approximate surface area is 215 Å². The van der Waals surface area contributed by atoms with Gasteiger partial charge in [0.25, 0.3) is 5.91 Å². The van der Waals surface area contributed by atoms with Gasteiger partial charge in [0.05, 0.1) is 16.3 Å². The Morgan fingerprint density at radius 3 is 2.38 bits per heavy atom. The molecule has 0 saturated heterocycles. The maximum absolute atomic E-state index is 13.3. The number of nitrogens with one attached hydrogen (secondary N) is 4. The second-order valence-electron chi connectivity index (χ2n) is 7.44. The molecule has 37 heavy (non-hydrogen) atoms. The number of carbonyl (C=O) groups excluding carboxylic acids is 2. The number of anilines is 2. The van der Waals surface area contributed by atoms with E-state index >= 15 is 0 Å². The Balaban J connectivity index is 1.70. The molecule has 1 aromatic heterocycles. The number of benzene rings is 2. The van der Waals surface area contributed by atoms with Gasteiger partial charge in [-0.2, -0.15) is 13.2 Å². The first-order chi connectivity index (χ1) is 17.6. The second-order valence-corrected chi connectivity index (χ2v) is 7.85. The van der Waals surface area contributed by atoms with Crippen molar-refractivity contribution in [1.82, 2.24) is 15.6 Å². The minimum Gasteiger partial charge on any atom is -0.490 e. The highest BCUT2D eigenvalue weighted by Gasteiger charge is 2.34. The molecule has 0 radical (unpaired) electrons. The van der Waals surface area contributed by atoms with Crippen LogP contribution >= 0.6 is 11.6 Å². The Morgan fingerprint density at radius 2 is 1.73 bits per heavy atom. The number of carbonyl (C=O) groups is 2. The summed E-state index contributed by atoms with van der Waals surface area (Å²) in [5.74, 6) is 0.407. The van der Waals surface area contributed by atoms with Gasteiger partial charge >= 0.3 is 12.2 Å². The lowest BCUT2D eigenvalue weighted by Gasteiger charge is -2.17. The maximum Gasteiger partial charge on any atom is 0.417 e. The average molecular weight is 538 g/mol. The largest absolute Gasteiger partial charge is 0.490 e. The fourth-order valence-corrected chi connectivity index (χ4v) is 3.27. The fraction of sp³-hybridized carbons (Fsp3) is 0.208. The first-order valence-electron chi connectivity index (χ1n) is 10.8. The highest BCUT2D eigenvalue weighted by atomic mass is 35.5. The summed E-state index contributed by atoms with van der Waals surface area (Å²) < 4.78 is 51.2. The zero-order valence-electron chi connectivity index (χ0n) is 19.7. The van der Waals surface area contributed by atoms with Gasteiger partial charge in [0.1, 0.15) is 29.5 Å². The van der Waals surface area contributed by atoms with E-state index in [9.17, 15) is 22.8 Å². The third-order valence-electron chi connectivity index (χ3n) is 4.77. The number of hydrogen-bond donors (Lipinski definition) is 4. The van der Waals surface area contributed by atoms with Crippen LogP contribution in [0.25, 0.3) is 0 Å². The number of alkyl halides is 3. The van der Waals surface area contributed by atoms with Gasteiger partial charge in [-0.25, -0.2) is 4.79 Å². The van der Waals surface area contributed by atoms with Crippen molar-refractivity contribution in [1.29, 1.82) is 0 Å². The predicted molar refractivity (Wildman–Crippen MR) is 133 cm³/mol. The van der Waals surface area contributed by atoms with E-state index in [1.54, 1.807) is 25.2 Å². The van der Waals surface area contributed by atoms with E-state index in [1.807, 2.05) is 0 Å². The van der Waals surface area contributed by atoms with E-state index < -0.39 is 22.8 Å². The SMILES string of the molecule is CNCCOc1cc(Cl)c(C(F)(F)F)cc1NC(=O)Nc1ccc(Oc2ccnc(C(=O)NC)c2)cc1. The van der Waals surface area contributed by atoms with Crippen molar-refractivity contribution in [2.75, 3.05) is 37.9 Å². The third kappa shape index (κ3) is 7.72. The zero-order valence-corrected chi connectivity index (χ0v) is 20.5. The second kappa shape index (κ2) is 12.3. The molecule has 196 valence electrons. The van der Waals surface area contributed by atoms with Gasteiger partial charge < -0.3 is 30.7 Å². The summed E-state index contributed by atoms with van der Waals surface area (Å²) in [5.41, 5.74) is -0.786. The molecule has 9 nitrogen and oxygen atoms in total. The fourth-order valence-electron chi connectivity index (χ4n) is 3.01. The molecule has 0 saturated carbocycles. The molecule has 2 aromatic carbocycles. The van der Waals surface area contributed by atoms with Gasteiger partial charge in [-0.05, 0) is 43.4 Å². The molecule has 4 N–H and O–H groups in total. The van der Waals surface area contributed by atoms with Gasteiger partial charge in [-0.1, -0.05) is 11.6 Å². The van der Waals surface area contributed by atoms with Crippen molar-refractivity contribution >= 4 is 34.9 Å². The van der Waals surface area contributed by atoms with Crippen molar-refractivity contribution in [2.45, 2.75) is 6.18 Å². The van der Waals surface area contributed by atoms with Crippen molar-refractivity contribution in [3.8, 4) is 17.2 Å². The number of amides is 3. The minimum atomic E-state index is -4.72. The minimum absolute atomic E-state index is 0.0133. The number of halogens is 4. The molecular weight excluding hydrogens is 515 g/mol. The van der Waals surface area contributed by atoms with Gasteiger partial charge in [-0.15, -0.1) is 0 Å². The van der Waals surface area contributed by atoms with Crippen LogP contribution in [0.2, 0.25) is 5.02 Å². The molecule has 0 aliphatic heterocycles. The molecule has 0 aliphatic carbocycles. The summed E-state index contributed by atoms with van der Waals surface area (Å²) >= 11 is 5.79. The molecule has 13 heteroatoms. The van der Waals surface area contributed by atoms with Crippen molar-refractivity contribution in [2.24, 2.45) is 0 Å². The first-order valence-corrected chi connectivity index (χ1v) is 11.2. The molecule has 3 rings (SSSR count). The van der Waals surface area contributed by atoms with Gasteiger partial charge in [-0.3, -0.25) is 9.78 Å². The monoisotopic (exact) mass is 537 g/mol. The topological polar surface area (TPSA) is 114 Å². The van der Waals surface area contributed by atoms with Crippen LogP contribution in [0.15, 0.2) is 54.7 Å². The van der Waals surface area contributed by atoms with Crippen LogP contribution in [0, 0.1) is 0 Å². The summed E-state index contributed by atoms with van der Waals surface area (Å²) in [6.45, 7) is 0.559. The maximum atomic E-state index is 13.3. The highest BCUT2D eigenvalue weighted by Crippen LogP contribution is 2.40. The summed E-state index contributed by atoms with van der Waals surface area (Å²) in [5, 5.41) is 9.66. The van der Waals surface area contributed by atoms with Crippen LogP contribution in [0.5, 0.6) is 17.2 Å². The number of hydrogen-bond acceptors (Lipinski definition) is 6. The number of urea groups is 1. The Kier molecular flexibility index (Phi) is 9.15. The average Bonchev–Trinajstić information content (AvgIpc) is 2.85. The number of rotatable bonds is 9. The Hall–Kier alpha value is -4.03. The van der Waals surface area contributed by atoms with E-state index in [1.165, 1.54) is 31.4 Å². The van der Waals surface area contributed by atoms with E-state index in [4.69, 9.17) is 21.1 Å². The number of likely N-dealkylation sites (N-methyl/N-ethyl adjacent to an activating group) is 1. The van der Waals surface area contributed by atoms with Crippen molar-refractivity contribution in [3.05, 3.63) is 71.0 Å². The van der Waals surface area contributed by atoms with Crippen molar-refractivity contribution < 1.29 is 32.2 Å². The summed E-state index contributed by atoms with van der Waals surface area (Å²) in [4.78, 5) is 28.2. The molecule has 1 heterocycles. The van der Waals surface area contributed by atoms with Crippen LogP contribution in [0.3, 0.4) is 0 Å². The quantitative estimate of drug-likeness (QED) is 0.281. The number of nitrogens with zero attached hydrogens (tertiary/aromatic N) is 1. The van der Waals surface area contributed by atoms with Crippen LogP contribution in [-0.2, 0) is 6.18 Å². The summed E-state index contributed by atoms with van der Waals surface area (Å²) in [6, 6.07) is 10.2. The molecule has 0 atom stereocenters. The standard InChI is InChI=1S/C24H23ClF3N5O4/c1-29-9-10-36-21-13-18(25)17(24(26,27)28)12-19(21)33-23(35)32-14-3-5-15(6-4-14)37-16-7-8-31-20(11-16)22(34)30-2/h3-8,11-13,29H,9-10H2,1-2H3,(H,30,34)(H2,32,33,35). The first kappa shape index (κ1) is 27.6. The summed E-state index contributed by atoms with van der Waals surface area (Å²) in [6.07, 6.45) is -3.29. The molecule has 3 aromatic rings. The molecule has 0 aliphatic rings. The smallest absolute Gasteiger partial charge is 0.417 e.